The summed E-state index contributed by atoms with van der Waals surface area (Å²) in [5, 5.41) is 0. The molecule has 1 aromatic carbocycles. The molecule has 106 valence electrons. The molecular weight excluding hydrogens is 259 g/mol. The Morgan fingerprint density at radius 2 is 2.00 bits per heavy atom. The van der Waals surface area contributed by atoms with Crippen LogP contribution in [0.2, 0.25) is 0 Å². The van der Waals surface area contributed by atoms with Crippen LogP contribution < -0.4 is 11.3 Å². The van der Waals surface area contributed by atoms with Crippen molar-refractivity contribution in [2.75, 3.05) is 5.75 Å². The molecule has 1 unspecified atom stereocenters. The summed E-state index contributed by atoms with van der Waals surface area (Å²) in [5.41, 5.74) is 2.97. The minimum absolute atomic E-state index is 0.170. The van der Waals surface area contributed by atoms with Gasteiger partial charge >= 0.3 is 0 Å². The van der Waals surface area contributed by atoms with Crippen LogP contribution in [-0.4, -0.2) is 11.8 Å². The first-order valence-electron chi connectivity index (χ1n) is 7.14. The van der Waals surface area contributed by atoms with Gasteiger partial charge in [-0.25, -0.2) is 4.39 Å². The van der Waals surface area contributed by atoms with E-state index in [1.165, 1.54) is 44.6 Å². The van der Waals surface area contributed by atoms with E-state index < -0.39 is 0 Å². The topological polar surface area (TPSA) is 38.0 Å². The summed E-state index contributed by atoms with van der Waals surface area (Å²) >= 11 is 1.69. The normalized spacial score (nSPS) is 19.1. The van der Waals surface area contributed by atoms with Crippen LogP contribution in [0.4, 0.5) is 4.39 Å². The van der Waals surface area contributed by atoms with E-state index in [4.69, 9.17) is 5.84 Å². The average Bonchev–Trinajstić information content (AvgIpc) is 2.69. The van der Waals surface area contributed by atoms with E-state index in [1.807, 2.05) is 6.07 Å². The van der Waals surface area contributed by atoms with E-state index >= 15 is 0 Å². The highest BCUT2D eigenvalue weighted by molar-refractivity contribution is 7.99. The molecule has 0 radical (unpaired) electrons. The van der Waals surface area contributed by atoms with E-state index in [-0.39, 0.29) is 5.82 Å². The van der Waals surface area contributed by atoms with Crippen molar-refractivity contribution in [1.29, 1.82) is 0 Å². The summed E-state index contributed by atoms with van der Waals surface area (Å²) < 4.78 is 13.1. The minimum Gasteiger partial charge on any atom is -0.271 e. The number of hydrazine groups is 1. The molecule has 1 aromatic rings. The smallest absolute Gasteiger partial charge is 0.124 e. The van der Waals surface area contributed by atoms with Crippen molar-refractivity contribution in [1.82, 2.24) is 5.43 Å². The third-order valence-corrected chi connectivity index (χ3v) is 5.02. The zero-order chi connectivity index (χ0) is 13.5. The van der Waals surface area contributed by atoms with Gasteiger partial charge < -0.3 is 0 Å². The molecule has 3 N–H and O–H groups in total. The second-order valence-corrected chi connectivity index (χ2v) is 6.39. The first-order chi connectivity index (χ1) is 9.29. The molecule has 1 aliphatic carbocycles. The van der Waals surface area contributed by atoms with Gasteiger partial charge in [0.1, 0.15) is 5.82 Å². The van der Waals surface area contributed by atoms with Crippen molar-refractivity contribution in [3.05, 3.63) is 30.1 Å². The number of halogens is 1. The van der Waals surface area contributed by atoms with Gasteiger partial charge in [-0.2, -0.15) is 0 Å². The molecule has 19 heavy (non-hydrogen) atoms. The Labute approximate surface area is 119 Å². The lowest BCUT2D eigenvalue weighted by Gasteiger charge is -2.25. The molecule has 0 amide bonds. The molecule has 1 fully saturated rings. The predicted molar refractivity (Wildman–Crippen MR) is 79.4 cm³/mol. The summed E-state index contributed by atoms with van der Waals surface area (Å²) in [6.07, 6.45) is 7.85. The van der Waals surface area contributed by atoms with Crippen LogP contribution in [0.25, 0.3) is 0 Å². The predicted octanol–water partition coefficient (Wildman–Crippen LogP) is 3.72. The van der Waals surface area contributed by atoms with Gasteiger partial charge in [0.15, 0.2) is 0 Å². The van der Waals surface area contributed by atoms with Crippen LogP contribution in [0.5, 0.6) is 0 Å². The fraction of sp³-hybridized carbons (Fsp3) is 0.600. The Balaban J connectivity index is 1.87. The molecule has 2 rings (SSSR count). The standard InChI is InChI=1S/C15H23FN2S/c16-13-8-5-9-14(10-13)19-11-15(18-17)12-6-3-1-2-4-7-12/h5,8-10,12,15,18H,1-4,6-7,11,17H2. The van der Waals surface area contributed by atoms with Gasteiger partial charge in [-0.1, -0.05) is 31.7 Å². The zero-order valence-corrected chi connectivity index (χ0v) is 12.1. The van der Waals surface area contributed by atoms with Crippen LogP contribution in [0.3, 0.4) is 0 Å². The van der Waals surface area contributed by atoms with Crippen molar-refractivity contribution >= 4 is 11.8 Å². The first-order valence-corrected chi connectivity index (χ1v) is 8.12. The Hall–Kier alpha value is -0.580. The fourth-order valence-electron chi connectivity index (χ4n) is 2.78. The number of nitrogens with two attached hydrogens (primary N) is 1. The molecule has 1 aliphatic rings. The number of nitrogens with one attached hydrogen (secondary N) is 1. The van der Waals surface area contributed by atoms with Crippen molar-refractivity contribution in [2.24, 2.45) is 11.8 Å². The maximum atomic E-state index is 13.1. The third-order valence-electron chi connectivity index (χ3n) is 3.91. The Kier molecular flexibility index (Phi) is 6.14. The van der Waals surface area contributed by atoms with Gasteiger partial charge in [-0.05, 0) is 37.0 Å². The highest BCUT2D eigenvalue weighted by Gasteiger charge is 2.21. The van der Waals surface area contributed by atoms with Gasteiger partial charge in [0.25, 0.3) is 0 Å². The van der Waals surface area contributed by atoms with Crippen molar-refractivity contribution < 1.29 is 4.39 Å². The number of hydrogen-bond acceptors (Lipinski definition) is 3. The van der Waals surface area contributed by atoms with Crippen LogP contribution in [0, 0.1) is 11.7 Å². The quantitative estimate of drug-likeness (QED) is 0.374. The molecule has 0 saturated heterocycles. The molecule has 2 nitrogen and oxygen atoms in total. The van der Waals surface area contributed by atoms with Crippen LogP contribution in [0.15, 0.2) is 29.2 Å². The Morgan fingerprint density at radius 3 is 2.63 bits per heavy atom. The summed E-state index contributed by atoms with van der Waals surface area (Å²) in [6, 6.07) is 7.11. The molecular formula is C15H23FN2S. The van der Waals surface area contributed by atoms with Gasteiger partial charge in [0, 0.05) is 16.7 Å². The van der Waals surface area contributed by atoms with Crippen LogP contribution in [0.1, 0.15) is 38.5 Å². The number of benzene rings is 1. The SMILES string of the molecule is NNC(CSc1cccc(F)c1)C1CCCCCC1. The summed E-state index contributed by atoms with van der Waals surface area (Å²) in [5.74, 6) is 7.11. The summed E-state index contributed by atoms with van der Waals surface area (Å²) in [7, 11) is 0. The first kappa shape index (κ1) is 14.8. The van der Waals surface area contributed by atoms with E-state index in [0.717, 1.165) is 10.6 Å². The Morgan fingerprint density at radius 1 is 1.26 bits per heavy atom. The van der Waals surface area contributed by atoms with E-state index in [9.17, 15) is 4.39 Å². The highest BCUT2D eigenvalue weighted by Crippen LogP contribution is 2.28. The lowest BCUT2D eigenvalue weighted by Crippen LogP contribution is -2.42. The largest absolute Gasteiger partial charge is 0.271 e. The molecule has 0 heterocycles. The average molecular weight is 282 g/mol. The maximum Gasteiger partial charge on any atom is 0.124 e. The lowest BCUT2D eigenvalue weighted by molar-refractivity contribution is 0.346. The molecule has 1 saturated carbocycles. The second-order valence-electron chi connectivity index (χ2n) is 5.29. The second kappa shape index (κ2) is 7.88. The number of thioether (sulfide) groups is 1. The van der Waals surface area contributed by atoms with E-state index in [2.05, 4.69) is 5.43 Å². The molecule has 0 spiro atoms. The molecule has 0 aliphatic heterocycles. The van der Waals surface area contributed by atoms with Crippen molar-refractivity contribution in [3.8, 4) is 0 Å². The number of hydrogen-bond donors (Lipinski definition) is 2. The molecule has 4 heteroatoms. The molecule has 0 bridgehead atoms. The maximum absolute atomic E-state index is 13.1. The monoisotopic (exact) mass is 282 g/mol. The number of rotatable bonds is 5. The lowest BCUT2D eigenvalue weighted by atomic mass is 9.93. The molecule has 1 atom stereocenters. The van der Waals surface area contributed by atoms with Crippen molar-refractivity contribution in [2.45, 2.75) is 49.5 Å². The molecule has 0 aromatic heterocycles. The van der Waals surface area contributed by atoms with Gasteiger partial charge in [0.05, 0.1) is 0 Å². The zero-order valence-electron chi connectivity index (χ0n) is 11.3. The third kappa shape index (κ3) is 4.79. The minimum atomic E-state index is -0.170. The van der Waals surface area contributed by atoms with Crippen molar-refractivity contribution in [3.63, 3.8) is 0 Å². The highest BCUT2D eigenvalue weighted by atomic mass is 32.2. The van der Waals surface area contributed by atoms with Crippen LogP contribution in [-0.2, 0) is 0 Å². The van der Waals surface area contributed by atoms with E-state index in [1.54, 1.807) is 23.9 Å². The van der Waals surface area contributed by atoms with Gasteiger partial charge in [0.2, 0.25) is 0 Å². The van der Waals surface area contributed by atoms with Gasteiger partial charge in [-0.3, -0.25) is 11.3 Å². The van der Waals surface area contributed by atoms with E-state index in [0.29, 0.717) is 12.0 Å². The summed E-state index contributed by atoms with van der Waals surface area (Å²) in [6.45, 7) is 0. The van der Waals surface area contributed by atoms with Crippen LogP contribution >= 0.6 is 11.8 Å². The fourth-order valence-corrected chi connectivity index (χ4v) is 3.89. The van der Waals surface area contributed by atoms with Gasteiger partial charge in [-0.15, -0.1) is 11.8 Å². The summed E-state index contributed by atoms with van der Waals surface area (Å²) in [4.78, 5) is 0.980. The Bertz CT molecular complexity index is 378.